The minimum absolute atomic E-state index is 0.148. The van der Waals surface area contributed by atoms with Crippen LogP contribution < -0.4 is 10.6 Å². The molecule has 1 rings (SSSR count). The number of carbonyl (C=O) groups excluding carboxylic acids is 1. The zero-order chi connectivity index (χ0) is 13.5. The number of rotatable bonds is 6. The summed E-state index contributed by atoms with van der Waals surface area (Å²) in [5, 5.41) is 13.9. The average Bonchev–Trinajstić information content (AvgIpc) is 2.32. The van der Waals surface area contributed by atoms with Crippen molar-refractivity contribution in [3.05, 3.63) is 28.7 Å². The Labute approximate surface area is 112 Å². The van der Waals surface area contributed by atoms with Crippen molar-refractivity contribution in [2.75, 3.05) is 18.4 Å². The molecule has 0 aromatic heterocycles. The summed E-state index contributed by atoms with van der Waals surface area (Å²) in [6.45, 7) is -0.480. The Morgan fingerprint density at radius 2 is 2.06 bits per heavy atom. The van der Waals surface area contributed by atoms with Crippen LogP contribution in [-0.4, -0.2) is 36.6 Å². The normalized spacial score (nSPS) is 12.5. The zero-order valence-electron chi connectivity index (χ0n) is 9.37. The van der Waals surface area contributed by atoms with Gasteiger partial charge in [0.05, 0.1) is 12.2 Å². The van der Waals surface area contributed by atoms with Gasteiger partial charge in [0.2, 0.25) is 5.91 Å². The maximum Gasteiger partial charge on any atom is 0.265 e. The number of nitrogens with one attached hydrogen (secondary N) is 2. The van der Waals surface area contributed by atoms with Gasteiger partial charge in [-0.1, -0.05) is 12.1 Å². The van der Waals surface area contributed by atoms with Crippen molar-refractivity contribution < 1.29 is 18.7 Å². The first-order valence-electron chi connectivity index (χ1n) is 5.22. The van der Waals surface area contributed by atoms with Crippen LogP contribution in [0.4, 0.5) is 14.5 Å². The number of halogens is 3. The Kier molecular flexibility index (Phi) is 6.17. The molecular formula is C11H13BrF2N2O2. The highest BCUT2D eigenvalue weighted by atomic mass is 79.9. The van der Waals surface area contributed by atoms with Crippen molar-refractivity contribution in [1.82, 2.24) is 5.32 Å². The van der Waals surface area contributed by atoms with E-state index in [9.17, 15) is 13.6 Å². The standard InChI is InChI=1S/C11H13BrF2N2O2/c12-7-3-1-2-4-8(7)16-10(18)6-15-5-9(17)11(13)14/h1-4,9,11,15,17H,5-6H2,(H,16,18). The van der Waals surface area contributed by atoms with Crippen LogP contribution in [0.5, 0.6) is 0 Å². The molecule has 1 unspecified atom stereocenters. The van der Waals surface area contributed by atoms with Crippen LogP contribution in [0.1, 0.15) is 0 Å². The van der Waals surface area contributed by atoms with E-state index in [-0.39, 0.29) is 19.0 Å². The van der Waals surface area contributed by atoms with Crippen LogP contribution in [0, 0.1) is 0 Å². The van der Waals surface area contributed by atoms with Crippen molar-refractivity contribution in [1.29, 1.82) is 0 Å². The number of hydrogen-bond acceptors (Lipinski definition) is 3. The molecule has 1 amide bonds. The van der Waals surface area contributed by atoms with Crippen molar-refractivity contribution >= 4 is 27.5 Å². The number of benzene rings is 1. The highest BCUT2D eigenvalue weighted by molar-refractivity contribution is 9.10. The number of hydrogen-bond donors (Lipinski definition) is 3. The minimum Gasteiger partial charge on any atom is -0.386 e. The van der Waals surface area contributed by atoms with E-state index in [1.165, 1.54) is 0 Å². The predicted octanol–water partition coefficient (Wildman–Crippen LogP) is 1.60. The lowest BCUT2D eigenvalue weighted by Gasteiger charge is -2.11. The van der Waals surface area contributed by atoms with Gasteiger partial charge in [0.15, 0.2) is 0 Å². The molecule has 0 aliphatic rings. The van der Waals surface area contributed by atoms with Crippen LogP contribution in [0.2, 0.25) is 0 Å². The van der Waals surface area contributed by atoms with Gasteiger partial charge >= 0.3 is 0 Å². The van der Waals surface area contributed by atoms with E-state index in [1.807, 2.05) is 0 Å². The van der Waals surface area contributed by atoms with Gasteiger partial charge < -0.3 is 15.7 Å². The zero-order valence-corrected chi connectivity index (χ0v) is 11.0. The maximum absolute atomic E-state index is 12.0. The molecule has 1 aromatic rings. The topological polar surface area (TPSA) is 61.4 Å². The van der Waals surface area contributed by atoms with Crippen molar-refractivity contribution in [3.63, 3.8) is 0 Å². The van der Waals surface area contributed by atoms with Crippen LogP contribution >= 0.6 is 15.9 Å². The number of alkyl halides is 2. The van der Waals surface area contributed by atoms with E-state index >= 15 is 0 Å². The Morgan fingerprint density at radius 3 is 2.67 bits per heavy atom. The smallest absolute Gasteiger partial charge is 0.265 e. The first kappa shape index (κ1) is 15.0. The quantitative estimate of drug-likeness (QED) is 0.745. The summed E-state index contributed by atoms with van der Waals surface area (Å²) in [4.78, 5) is 11.5. The van der Waals surface area contributed by atoms with Gasteiger partial charge in [-0.25, -0.2) is 8.78 Å². The van der Waals surface area contributed by atoms with E-state index in [4.69, 9.17) is 5.11 Å². The van der Waals surface area contributed by atoms with E-state index < -0.39 is 12.5 Å². The van der Waals surface area contributed by atoms with E-state index in [2.05, 4.69) is 26.6 Å². The lowest BCUT2D eigenvalue weighted by atomic mass is 10.3. The Balaban J connectivity index is 2.33. The summed E-state index contributed by atoms with van der Waals surface area (Å²) in [6, 6.07) is 7.03. The molecule has 0 saturated carbocycles. The number of carbonyl (C=O) groups is 1. The van der Waals surface area contributed by atoms with Gasteiger partial charge in [0.25, 0.3) is 6.43 Å². The Hall–Kier alpha value is -1.05. The molecule has 100 valence electrons. The Morgan fingerprint density at radius 1 is 1.39 bits per heavy atom. The molecule has 0 spiro atoms. The second-order valence-electron chi connectivity index (χ2n) is 3.56. The maximum atomic E-state index is 12.0. The van der Waals surface area contributed by atoms with Gasteiger partial charge in [-0.2, -0.15) is 0 Å². The fraction of sp³-hybridized carbons (Fsp3) is 0.364. The van der Waals surface area contributed by atoms with Gasteiger partial charge in [-0.05, 0) is 28.1 Å². The average molecular weight is 323 g/mol. The van der Waals surface area contributed by atoms with Crippen molar-refractivity contribution in [3.8, 4) is 0 Å². The van der Waals surface area contributed by atoms with Gasteiger partial charge in [-0.15, -0.1) is 0 Å². The number of amides is 1. The lowest BCUT2D eigenvalue weighted by molar-refractivity contribution is -0.115. The van der Waals surface area contributed by atoms with Crippen molar-refractivity contribution in [2.24, 2.45) is 0 Å². The molecule has 0 fully saturated rings. The third-order valence-corrected chi connectivity index (χ3v) is 2.77. The summed E-state index contributed by atoms with van der Waals surface area (Å²) in [6.07, 6.45) is -4.58. The van der Waals surface area contributed by atoms with Crippen LogP contribution in [-0.2, 0) is 4.79 Å². The molecule has 18 heavy (non-hydrogen) atoms. The minimum atomic E-state index is -2.82. The summed E-state index contributed by atoms with van der Waals surface area (Å²) in [5.74, 6) is -0.372. The lowest BCUT2D eigenvalue weighted by Crippen LogP contribution is -2.36. The summed E-state index contributed by atoms with van der Waals surface area (Å²) in [7, 11) is 0. The van der Waals surface area contributed by atoms with Gasteiger partial charge in [0, 0.05) is 11.0 Å². The fourth-order valence-electron chi connectivity index (χ4n) is 1.18. The number of aliphatic hydroxyl groups excluding tert-OH is 1. The highest BCUT2D eigenvalue weighted by Gasteiger charge is 2.16. The summed E-state index contributed by atoms with van der Waals surface area (Å²) >= 11 is 3.26. The number of aliphatic hydroxyl groups is 1. The molecule has 1 atom stereocenters. The summed E-state index contributed by atoms with van der Waals surface area (Å²) in [5.41, 5.74) is 0.596. The molecule has 0 aliphatic heterocycles. The molecule has 0 heterocycles. The van der Waals surface area contributed by atoms with Gasteiger partial charge in [0.1, 0.15) is 6.10 Å². The highest BCUT2D eigenvalue weighted by Crippen LogP contribution is 2.20. The monoisotopic (exact) mass is 322 g/mol. The van der Waals surface area contributed by atoms with Gasteiger partial charge in [-0.3, -0.25) is 4.79 Å². The van der Waals surface area contributed by atoms with Crippen LogP contribution in [0.3, 0.4) is 0 Å². The largest absolute Gasteiger partial charge is 0.386 e. The van der Waals surface area contributed by atoms with E-state index in [1.54, 1.807) is 24.3 Å². The molecule has 0 bridgehead atoms. The fourth-order valence-corrected chi connectivity index (χ4v) is 1.56. The van der Waals surface area contributed by atoms with Crippen molar-refractivity contribution in [2.45, 2.75) is 12.5 Å². The molecule has 0 radical (unpaired) electrons. The number of para-hydroxylation sites is 1. The third kappa shape index (κ3) is 5.07. The molecule has 1 aromatic carbocycles. The second-order valence-corrected chi connectivity index (χ2v) is 4.42. The molecule has 0 saturated heterocycles. The van der Waals surface area contributed by atoms with Crippen LogP contribution in [0.15, 0.2) is 28.7 Å². The molecule has 4 nitrogen and oxygen atoms in total. The predicted molar refractivity (Wildman–Crippen MR) is 67.7 cm³/mol. The SMILES string of the molecule is O=C(CNCC(O)C(F)F)Nc1ccccc1Br. The third-order valence-electron chi connectivity index (χ3n) is 2.08. The molecule has 0 aliphatic carbocycles. The van der Waals surface area contributed by atoms with E-state index in [0.717, 1.165) is 4.47 Å². The molecule has 7 heteroatoms. The first-order chi connectivity index (χ1) is 8.50. The second kappa shape index (κ2) is 7.40. The summed E-state index contributed by atoms with van der Waals surface area (Å²) < 4.78 is 24.6. The molecule has 3 N–H and O–H groups in total. The van der Waals surface area contributed by atoms with Crippen LogP contribution in [0.25, 0.3) is 0 Å². The first-order valence-corrected chi connectivity index (χ1v) is 6.01. The molecular weight excluding hydrogens is 310 g/mol. The van der Waals surface area contributed by atoms with E-state index in [0.29, 0.717) is 5.69 Å². The number of anilines is 1. The Bertz CT molecular complexity index is 404.